The van der Waals surface area contributed by atoms with Gasteiger partial charge in [0.05, 0.1) is 0 Å². The third-order valence-electron chi connectivity index (χ3n) is 4.69. The van der Waals surface area contributed by atoms with Crippen LogP contribution in [-0.2, 0) is 6.42 Å². The van der Waals surface area contributed by atoms with Crippen molar-refractivity contribution in [2.24, 2.45) is 10.9 Å². The molecule has 4 nitrogen and oxygen atoms in total. The van der Waals surface area contributed by atoms with E-state index in [1.165, 1.54) is 32.0 Å². The zero-order valence-electron chi connectivity index (χ0n) is 15.0. The highest BCUT2D eigenvalue weighted by Gasteiger charge is 2.14. The normalized spacial score (nSPS) is 17.0. The van der Waals surface area contributed by atoms with Gasteiger partial charge in [-0.3, -0.25) is 4.99 Å². The minimum Gasteiger partial charge on any atom is -0.356 e. The summed E-state index contributed by atoms with van der Waals surface area (Å²) < 4.78 is 13.6. The molecule has 0 saturated carbocycles. The molecule has 0 amide bonds. The van der Waals surface area contributed by atoms with Gasteiger partial charge in [0.15, 0.2) is 5.96 Å². The fourth-order valence-corrected chi connectivity index (χ4v) is 3.03. The molecule has 1 saturated heterocycles. The standard InChI is InChI=1S/C19H31FN4/c1-16-9-14-24(15-10-16)13-5-11-22-19(21-2)23-12-8-17-6-3-4-7-18(17)20/h3-4,6-7,16H,5,8-15H2,1-2H3,(H2,21,22,23). The average Bonchev–Trinajstić information content (AvgIpc) is 2.60. The first-order valence-electron chi connectivity index (χ1n) is 9.09. The summed E-state index contributed by atoms with van der Waals surface area (Å²) in [5, 5.41) is 6.59. The van der Waals surface area contributed by atoms with Crippen LogP contribution in [0.4, 0.5) is 4.39 Å². The Hall–Kier alpha value is -1.62. The van der Waals surface area contributed by atoms with E-state index in [2.05, 4.69) is 27.4 Å². The SMILES string of the molecule is CN=C(NCCCN1CCC(C)CC1)NCCc1ccccc1F. The van der Waals surface area contributed by atoms with Crippen molar-refractivity contribution in [1.29, 1.82) is 0 Å². The molecule has 5 heteroatoms. The maximum atomic E-state index is 13.6. The van der Waals surface area contributed by atoms with E-state index in [0.717, 1.165) is 37.0 Å². The molecule has 0 unspecified atom stereocenters. The predicted molar refractivity (Wildman–Crippen MR) is 98.9 cm³/mol. The van der Waals surface area contributed by atoms with Gasteiger partial charge >= 0.3 is 0 Å². The van der Waals surface area contributed by atoms with Gasteiger partial charge in [0.1, 0.15) is 5.82 Å². The summed E-state index contributed by atoms with van der Waals surface area (Å²) in [6.07, 6.45) is 4.42. The molecule has 0 aromatic heterocycles. The Morgan fingerprint density at radius 2 is 1.92 bits per heavy atom. The van der Waals surface area contributed by atoms with Crippen LogP contribution in [0.2, 0.25) is 0 Å². The number of piperidine rings is 1. The van der Waals surface area contributed by atoms with Gasteiger partial charge in [-0.2, -0.15) is 0 Å². The van der Waals surface area contributed by atoms with Gasteiger partial charge in [0.25, 0.3) is 0 Å². The van der Waals surface area contributed by atoms with E-state index in [-0.39, 0.29) is 5.82 Å². The summed E-state index contributed by atoms with van der Waals surface area (Å²) in [4.78, 5) is 6.77. The topological polar surface area (TPSA) is 39.7 Å². The lowest BCUT2D eigenvalue weighted by molar-refractivity contribution is 0.191. The van der Waals surface area contributed by atoms with Crippen LogP contribution in [0.5, 0.6) is 0 Å². The number of aliphatic imine (C=N–C) groups is 1. The first kappa shape index (κ1) is 18.7. The zero-order valence-corrected chi connectivity index (χ0v) is 15.0. The van der Waals surface area contributed by atoms with Crippen molar-refractivity contribution < 1.29 is 4.39 Å². The second kappa shape index (κ2) is 10.3. The molecule has 24 heavy (non-hydrogen) atoms. The predicted octanol–water partition coefficient (Wildman–Crippen LogP) is 2.66. The Labute approximate surface area is 145 Å². The van der Waals surface area contributed by atoms with Crippen LogP contribution >= 0.6 is 0 Å². The Kier molecular flexibility index (Phi) is 8.02. The first-order valence-corrected chi connectivity index (χ1v) is 9.09. The number of nitrogens with zero attached hydrogens (tertiary/aromatic N) is 2. The van der Waals surface area contributed by atoms with Crippen LogP contribution in [-0.4, -0.2) is 50.6 Å². The average molecular weight is 334 g/mol. The van der Waals surface area contributed by atoms with Crippen molar-refractivity contribution >= 4 is 5.96 Å². The third kappa shape index (κ3) is 6.48. The lowest BCUT2D eigenvalue weighted by atomic mass is 9.99. The zero-order chi connectivity index (χ0) is 17.2. The number of rotatable bonds is 7. The van der Waals surface area contributed by atoms with E-state index in [1.807, 2.05) is 12.1 Å². The smallest absolute Gasteiger partial charge is 0.190 e. The minimum atomic E-state index is -0.141. The molecule has 0 radical (unpaired) electrons. The molecule has 2 N–H and O–H groups in total. The van der Waals surface area contributed by atoms with Gasteiger partial charge in [-0.25, -0.2) is 4.39 Å². The Morgan fingerprint density at radius 3 is 2.62 bits per heavy atom. The number of hydrogen-bond acceptors (Lipinski definition) is 2. The lowest BCUT2D eigenvalue weighted by Gasteiger charge is -2.30. The number of guanidine groups is 1. The molecular weight excluding hydrogens is 303 g/mol. The van der Waals surface area contributed by atoms with Crippen molar-refractivity contribution in [2.75, 3.05) is 39.8 Å². The van der Waals surface area contributed by atoms with Crippen LogP contribution in [0, 0.1) is 11.7 Å². The molecule has 0 aliphatic carbocycles. The summed E-state index contributed by atoms with van der Waals surface area (Å²) >= 11 is 0. The summed E-state index contributed by atoms with van der Waals surface area (Å²) in [5.41, 5.74) is 0.736. The van der Waals surface area contributed by atoms with Crippen molar-refractivity contribution in [2.45, 2.75) is 32.6 Å². The quantitative estimate of drug-likeness (QED) is 0.457. The van der Waals surface area contributed by atoms with Gasteiger partial charge in [-0.05, 0) is 62.9 Å². The van der Waals surface area contributed by atoms with Crippen LogP contribution in [0.3, 0.4) is 0 Å². The number of nitrogens with one attached hydrogen (secondary N) is 2. The van der Waals surface area contributed by atoms with E-state index in [1.54, 1.807) is 13.1 Å². The first-order chi connectivity index (χ1) is 11.7. The van der Waals surface area contributed by atoms with Crippen molar-refractivity contribution in [3.05, 3.63) is 35.6 Å². The molecular formula is C19H31FN4. The summed E-state index contributed by atoms with van der Waals surface area (Å²) in [5.74, 6) is 1.54. The molecule has 1 aromatic rings. The van der Waals surface area contributed by atoms with Crippen molar-refractivity contribution in [1.82, 2.24) is 15.5 Å². The minimum absolute atomic E-state index is 0.141. The second-order valence-corrected chi connectivity index (χ2v) is 6.64. The lowest BCUT2D eigenvalue weighted by Crippen LogP contribution is -2.40. The number of halogens is 1. The molecule has 0 atom stereocenters. The Bertz CT molecular complexity index is 510. The second-order valence-electron chi connectivity index (χ2n) is 6.64. The molecule has 1 aromatic carbocycles. The number of hydrogen-bond donors (Lipinski definition) is 2. The molecule has 0 bridgehead atoms. The van der Waals surface area contributed by atoms with Crippen LogP contribution in [0.15, 0.2) is 29.3 Å². The van der Waals surface area contributed by atoms with Gasteiger partial charge in [-0.1, -0.05) is 25.1 Å². The fourth-order valence-electron chi connectivity index (χ4n) is 3.03. The molecule has 1 heterocycles. The Morgan fingerprint density at radius 1 is 1.21 bits per heavy atom. The fraction of sp³-hybridized carbons (Fsp3) is 0.632. The summed E-state index contributed by atoms with van der Waals surface area (Å²) in [7, 11) is 1.77. The molecule has 134 valence electrons. The number of benzene rings is 1. The van der Waals surface area contributed by atoms with Gasteiger partial charge < -0.3 is 15.5 Å². The maximum absolute atomic E-state index is 13.6. The maximum Gasteiger partial charge on any atom is 0.190 e. The van der Waals surface area contributed by atoms with Crippen LogP contribution < -0.4 is 10.6 Å². The highest BCUT2D eigenvalue weighted by molar-refractivity contribution is 5.79. The molecule has 1 aliphatic rings. The highest BCUT2D eigenvalue weighted by Crippen LogP contribution is 2.15. The van der Waals surface area contributed by atoms with Crippen molar-refractivity contribution in [3.8, 4) is 0 Å². The Balaban J connectivity index is 1.58. The van der Waals surface area contributed by atoms with E-state index in [9.17, 15) is 4.39 Å². The summed E-state index contributed by atoms with van der Waals surface area (Å²) in [6.45, 7) is 7.53. The third-order valence-corrected chi connectivity index (χ3v) is 4.69. The van der Waals surface area contributed by atoms with E-state index >= 15 is 0 Å². The van der Waals surface area contributed by atoms with Crippen LogP contribution in [0.25, 0.3) is 0 Å². The van der Waals surface area contributed by atoms with E-state index in [0.29, 0.717) is 13.0 Å². The highest BCUT2D eigenvalue weighted by atomic mass is 19.1. The van der Waals surface area contributed by atoms with Crippen LogP contribution in [0.1, 0.15) is 31.7 Å². The van der Waals surface area contributed by atoms with E-state index in [4.69, 9.17) is 0 Å². The monoisotopic (exact) mass is 334 g/mol. The van der Waals surface area contributed by atoms with Crippen molar-refractivity contribution in [3.63, 3.8) is 0 Å². The van der Waals surface area contributed by atoms with Gasteiger partial charge in [0.2, 0.25) is 0 Å². The molecule has 1 fully saturated rings. The largest absolute Gasteiger partial charge is 0.356 e. The molecule has 0 spiro atoms. The summed E-state index contributed by atoms with van der Waals surface area (Å²) in [6, 6.07) is 6.92. The van der Waals surface area contributed by atoms with Gasteiger partial charge in [-0.15, -0.1) is 0 Å². The molecule has 2 rings (SSSR count). The molecule has 1 aliphatic heterocycles. The van der Waals surface area contributed by atoms with E-state index < -0.39 is 0 Å². The number of likely N-dealkylation sites (tertiary alicyclic amines) is 1. The van der Waals surface area contributed by atoms with Gasteiger partial charge in [0, 0.05) is 20.1 Å².